The van der Waals surface area contributed by atoms with E-state index < -0.39 is 16.1 Å². The predicted octanol–water partition coefficient (Wildman–Crippen LogP) is 0.705. The molecule has 1 rings (SSSR count). The zero-order valence-electron chi connectivity index (χ0n) is 6.34. The summed E-state index contributed by atoms with van der Waals surface area (Å²) in [6.07, 6.45) is 0.863. The predicted molar refractivity (Wildman–Crippen MR) is 43.7 cm³/mol. The van der Waals surface area contributed by atoms with E-state index in [9.17, 15) is 17.4 Å². The maximum atomic E-state index is 12.3. The standard InChI is InChI=1S/C7H6FNO3S/c8-7-3-1-6(2-4-7)5-9-13(10,11)12/h1-5H,(H,10,11,12)/p-1/b9-5+. The molecule has 70 valence electrons. The smallest absolute Gasteiger partial charge is 0.202 e. The second-order valence-electron chi connectivity index (χ2n) is 2.21. The van der Waals surface area contributed by atoms with Crippen LogP contribution in [0.5, 0.6) is 0 Å². The molecule has 0 bridgehead atoms. The van der Waals surface area contributed by atoms with E-state index in [0.29, 0.717) is 5.56 Å². The Morgan fingerprint density at radius 3 is 2.31 bits per heavy atom. The lowest BCUT2D eigenvalue weighted by Gasteiger charge is -1.97. The first kappa shape index (κ1) is 9.82. The highest BCUT2D eigenvalue weighted by molar-refractivity contribution is 7.84. The van der Waals surface area contributed by atoms with Crippen molar-refractivity contribution in [1.82, 2.24) is 0 Å². The molecule has 0 unspecified atom stereocenters. The minimum Gasteiger partial charge on any atom is -0.730 e. The highest BCUT2D eigenvalue weighted by Crippen LogP contribution is 2.00. The highest BCUT2D eigenvalue weighted by atomic mass is 32.2. The van der Waals surface area contributed by atoms with Gasteiger partial charge in [-0.1, -0.05) is 12.1 Å². The van der Waals surface area contributed by atoms with Gasteiger partial charge in [0.05, 0.1) is 0 Å². The second-order valence-corrected chi connectivity index (χ2v) is 3.28. The number of hydrogen-bond donors (Lipinski definition) is 0. The molecule has 0 radical (unpaired) electrons. The Morgan fingerprint density at radius 1 is 1.31 bits per heavy atom. The van der Waals surface area contributed by atoms with Crippen molar-refractivity contribution in [1.29, 1.82) is 0 Å². The van der Waals surface area contributed by atoms with Crippen molar-refractivity contribution in [3.63, 3.8) is 0 Å². The van der Waals surface area contributed by atoms with Crippen molar-refractivity contribution in [3.05, 3.63) is 35.6 Å². The Balaban J connectivity index is 2.88. The van der Waals surface area contributed by atoms with E-state index in [4.69, 9.17) is 0 Å². The van der Waals surface area contributed by atoms with Gasteiger partial charge in [-0.05, 0) is 17.7 Å². The summed E-state index contributed by atoms with van der Waals surface area (Å²) in [7, 11) is -4.61. The fraction of sp³-hybridized carbons (Fsp3) is 0. The second kappa shape index (κ2) is 3.63. The van der Waals surface area contributed by atoms with Crippen LogP contribution in [-0.4, -0.2) is 19.2 Å². The first-order valence-corrected chi connectivity index (χ1v) is 4.60. The monoisotopic (exact) mass is 202 g/mol. The van der Waals surface area contributed by atoms with Crippen molar-refractivity contribution >= 4 is 16.5 Å². The zero-order chi connectivity index (χ0) is 9.90. The molecule has 0 saturated heterocycles. The normalized spacial score (nSPS) is 12.2. The van der Waals surface area contributed by atoms with Gasteiger partial charge in [-0.2, -0.15) is 4.40 Å². The summed E-state index contributed by atoms with van der Waals surface area (Å²) >= 11 is 0. The van der Waals surface area contributed by atoms with E-state index in [1.165, 1.54) is 12.1 Å². The van der Waals surface area contributed by atoms with E-state index in [1.54, 1.807) is 0 Å². The van der Waals surface area contributed by atoms with Crippen molar-refractivity contribution in [2.24, 2.45) is 4.40 Å². The van der Waals surface area contributed by atoms with Crippen LogP contribution in [-0.2, 0) is 10.3 Å². The Labute approximate surface area is 74.6 Å². The Bertz CT molecular complexity index is 410. The average Bonchev–Trinajstić information content (AvgIpc) is 2.02. The Morgan fingerprint density at radius 2 is 1.85 bits per heavy atom. The number of halogens is 1. The van der Waals surface area contributed by atoms with E-state index >= 15 is 0 Å². The number of rotatable bonds is 2. The van der Waals surface area contributed by atoms with Gasteiger partial charge in [0.25, 0.3) is 0 Å². The number of nitrogens with zero attached hydrogens (tertiary/aromatic N) is 1. The molecular weight excluding hydrogens is 197 g/mol. The third-order valence-electron chi connectivity index (χ3n) is 1.20. The molecule has 4 nitrogen and oxygen atoms in total. The molecule has 1 aromatic carbocycles. The maximum Gasteiger partial charge on any atom is 0.202 e. The fourth-order valence-corrected chi connectivity index (χ4v) is 0.925. The molecule has 1 aromatic rings. The van der Waals surface area contributed by atoms with Gasteiger partial charge in [-0.15, -0.1) is 0 Å². The molecule has 0 fully saturated rings. The van der Waals surface area contributed by atoms with Gasteiger partial charge >= 0.3 is 0 Å². The zero-order valence-corrected chi connectivity index (χ0v) is 7.16. The van der Waals surface area contributed by atoms with Crippen molar-refractivity contribution in [3.8, 4) is 0 Å². The largest absolute Gasteiger partial charge is 0.730 e. The quantitative estimate of drug-likeness (QED) is 0.523. The van der Waals surface area contributed by atoms with Gasteiger partial charge in [0.2, 0.25) is 10.3 Å². The van der Waals surface area contributed by atoms with Gasteiger partial charge in [-0.3, -0.25) is 0 Å². The van der Waals surface area contributed by atoms with Crippen molar-refractivity contribution in [2.45, 2.75) is 0 Å². The summed E-state index contributed by atoms with van der Waals surface area (Å²) in [5.41, 5.74) is 0.348. The molecule has 0 spiro atoms. The molecule has 0 amide bonds. The topological polar surface area (TPSA) is 69.6 Å². The molecule has 0 aliphatic carbocycles. The maximum absolute atomic E-state index is 12.3. The van der Waals surface area contributed by atoms with Crippen LogP contribution in [0.4, 0.5) is 4.39 Å². The SMILES string of the molecule is O=S(=O)([O-])/N=C/c1ccc(F)cc1. The minimum atomic E-state index is -4.61. The van der Waals surface area contributed by atoms with Crippen molar-refractivity contribution in [2.75, 3.05) is 0 Å². The van der Waals surface area contributed by atoms with Crippen LogP contribution in [0.25, 0.3) is 0 Å². The van der Waals surface area contributed by atoms with Crippen molar-refractivity contribution < 1.29 is 17.4 Å². The lowest BCUT2D eigenvalue weighted by Crippen LogP contribution is -1.93. The molecule has 0 aliphatic heterocycles. The van der Waals surface area contributed by atoms with Crippen LogP contribution in [0.15, 0.2) is 28.7 Å². The molecular formula is C7H5FNO3S-. The van der Waals surface area contributed by atoms with E-state index in [2.05, 4.69) is 4.40 Å². The van der Waals surface area contributed by atoms with Crippen LogP contribution < -0.4 is 0 Å². The summed E-state index contributed by atoms with van der Waals surface area (Å²) < 4.78 is 45.2. The molecule has 6 heteroatoms. The third-order valence-corrected chi connectivity index (χ3v) is 1.56. The summed E-state index contributed by atoms with van der Waals surface area (Å²) in [5, 5.41) is 0. The Kier molecular flexibility index (Phi) is 2.74. The lowest BCUT2D eigenvalue weighted by molar-refractivity contribution is 0.465. The molecule has 0 heterocycles. The molecule has 0 N–H and O–H groups in total. The van der Waals surface area contributed by atoms with Crippen LogP contribution in [0.2, 0.25) is 0 Å². The lowest BCUT2D eigenvalue weighted by atomic mass is 10.2. The van der Waals surface area contributed by atoms with Crippen LogP contribution in [0.3, 0.4) is 0 Å². The third kappa shape index (κ3) is 3.77. The first-order chi connectivity index (χ1) is 5.97. The van der Waals surface area contributed by atoms with E-state index in [-0.39, 0.29) is 0 Å². The molecule has 0 atom stereocenters. The molecule has 13 heavy (non-hydrogen) atoms. The first-order valence-electron chi connectivity index (χ1n) is 3.24. The Hall–Kier alpha value is -1.27. The van der Waals surface area contributed by atoms with Crippen LogP contribution in [0.1, 0.15) is 5.56 Å². The highest BCUT2D eigenvalue weighted by Gasteiger charge is 1.90. The van der Waals surface area contributed by atoms with Gasteiger partial charge in [0, 0.05) is 6.21 Å². The van der Waals surface area contributed by atoms with Crippen LogP contribution >= 0.6 is 0 Å². The summed E-state index contributed by atoms with van der Waals surface area (Å²) in [6, 6.07) is 4.89. The number of benzene rings is 1. The summed E-state index contributed by atoms with van der Waals surface area (Å²) in [4.78, 5) is 0. The average molecular weight is 202 g/mol. The molecule has 0 aliphatic rings. The fourth-order valence-electron chi connectivity index (χ4n) is 0.674. The van der Waals surface area contributed by atoms with E-state index in [0.717, 1.165) is 18.3 Å². The van der Waals surface area contributed by atoms with Gasteiger partial charge in [0.1, 0.15) is 5.82 Å². The van der Waals surface area contributed by atoms with Crippen LogP contribution in [0, 0.1) is 5.82 Å². The molecule has 0 saturated carbocycles. The molecule has 0 aromatic heterocycles. The minimum absolute atomic E-state index is 0.348. The van der Waals surface area contributed by atoms with Gasteiger partial charge in [-0.25, -0.2) is 12.8 Å². The number of hydrogen-bond acceptors (Lipinski definition) is 3. The van der Waals surface area contributed by atoms with Gasteiger partial charge < -0.3 is 4.55 Å². The summed E-state index contributed by atoms with van der Waals surface area (Å²) in [5.74, 6) is -0.442. The van der Waals surface area contributed by atoms with Gasteiger partial charge in [0.15, 0.2) is 0 Å². The summed E-state index contributed by atoms with van der Waals surface area (Å²) in [6.45, 7) is 0. The van der Waals surface area contributed by atoms with E-state index in [1.807, 2.05) is 0 Å².